The first-order valence-corrected chi connectivity index (χ1v) is 7.94. The molecule has 3 atom stereocenters. The van der Waals surface area contributed by atoms with Gasteiger partial charge in [0.15, 0.2) is 0 Å². The summed E-state index contributed by atoms with van der Waals surface area (Å²) in [6, 6.07) is 7.72. The molecule has 1 saturated heterocycles. The summed E-state index contributed by atoms with van der Waals surface area (Å²) in [5.41, 5.74) is 1.88. The maximum Gasteiger partial charge on any atom is 0.228 e. The van der Waals surface area contributed by atoms with Gasteiger partial charge in [-0.3, -0.25) is 4.79 Å². The van der Waals surface area contributed by atoms with Gasteiger partial charge in [-0.05, 0) is 36.9 Å². The second-order valence-corrected chi connectivity index (χ2v) is 6.34. The molecule has 1 fully saturated rings. The van der Waals surface area contributed by atoms with Crippen molar-refractivity contribution >= 4 is 5.91 Å². The molecule has 0 saturated carbocycles. The number of aliphatic hydroxyl groups is 1. The van der Waals surface area contributed by atoms with Gasteiger partial charge >= 0.3 is 0 Å². The number of benzene rings is 1. The Morgan fingerprint density at radius 2 is 2.29 bits per heavy atom. The number of fused-ring (bicyclic) bond motifs is 1. The summed E-state index contributed by atoms with van der Waals surface area (Å²) in [5, 5.41) is 16.7. The highest BCUT2D eigenvalue weighted by molar-refractivity contribution is 5.83. The van der Waals surface area contributed by atoms with E-state index in [2.05, 4.69) is 17.6 Å². The first-order valence-electron chi connectivity index (χ1n) is 7.94. The standard InChI is InChI=1S/C17H24N2O2/c1-2-17(8-5-9-18-11-17)16(21)19-15-13-7-4-3-6-12(13)10-14(15)20/h3-4,6-7,14-15,18,20H,2,5,8-11H2,1H3,(H,19,21)/t14-,15+,17?/m0/s1. The second kappa shape index (κ2) is 5.78. The number of hydrogen-bond acceptors (Lipinski definition) is 3. The molecule has 4 nitrogen and oxygen atoms in total. The molecule has 0 radical (unpaired) electrons. The van der Waals surface area contributed by atoms with E-state index >= 15 is 0 Å². The van der Waals surface area contributed by atoms with E-state index in [1.54, 1.807) is 0 Å². The lowest BCUT2D eigenvalue weighted by Gasteiger charge is -2.36. The summed E-state index contributed by atoms with van der Waals surface area (Å²) in [6.45, 7) is 3.80. The summed E-state index contributed by atoms with van der Waals surface area (Å²) in [4.78, 5) is 12.8. The number of carbonyl (C=O) groups is 1. The van der Waals surface area contributed by atoms with Gasteiger partial charge in [0.2, 0.25) is 5.91 Å². The minimum atomic E-state index is -0.517. The number of rotatable bonds is 3. The fourth-order valence-electron chi connectivity index (χ4n) is 3.67. The van der Waals surface area contributed by atoms with Gasteiger partial charge in [0, 0.05) is 13.0 Å². The minimum Gasteiger partial charge on any atom is -0.390 e. The zero-order valence-corrected chi connectivity index (χ0v) is 12.6. The van der Waals surface area contributed by atoms with E-state index in [1.807, 2.05) is 24.3 Å². The van der Waals surface area contributed by atoms with Crippen molar-refractivity contribution < 1.29 is 9.90 Å². The molecule has 1 aromatic carbocycles. The monoisotopic (exact) mass is 288 g/mol. The smallest absolute Gasteiger partial charge is 0.228 e. The summed E-state index contributed by atoms with van der Waals surface area (Å²) in [7, 11) is 0. The minimum absolute atomic E-state index is 0.0814. The van der Waals surface area contributed by atoms with Crippen molar-refractivity contribution in [2.45, 2.75) is 44.8 Å². The summed E-state index contributed by atoms with van der Waals surface area (Å²) in [6.07, 6.45) is 2.89. The topological polar surface area (TPSA) is 61.4 Å². The zero-order chi connectivity index (χ0) is 14.9. The lowest BCUT2D eigenvalue weighted by Crippen LogP contribution is -2.51. The van der Waals surface area contributed by atoms with Gasteiger partial charge in [-0.25, -0.2) is 0 Å². The average molecular weight is 288 g/mol. The number of hydrogen-bond donors (Lipinski definition) is 3. The van der Waals surface area contributed by atoms with Crippen LogP contribution in [0.15, 0.2) is 24.3 Å². The van der Waals surface area contributed by atoms with E-state index in [0.717, 1.165) is 43.5 Å². The Kier molecular flexibility index (Phi) is 4.00. The third-order valence-electron chi connectivity index (χ3n) is 5.12. The van der Waals surface area contributed by atoms with Gasteiger partial charge in [-0.15, -0.1) is 0 Å². The molecule has 1 aromatic rings. The predicted octanol–water partition coefficient (Wildman–Crippen LogP) is 1.54. The number of amides is 1. The van der Waals surface area contributed by atoms with Crippen LogP contribution < -0.4 is 10.6 Å². The fraction of sp³-hybridized carbons (Fsp3) is 0.588. The predicted molar refractivity (Wildman–Crippen MR) is 81.9 cm³/mol. The van der Waals surface area contributed by atoms with Crippen molar-refractivity contribution in [3.63, 3.8) is 0 Å². The van der Waals surface area contributed by atoms with E-state index < -0.39 is 6.10 Å². The number of aliphatic hydroxyl groups excluding tert-OH is 1. The van der Waals surface area contributed by atoms with Gasteiger partial charge in [-0.2, -0.15) is 0 Å². The molecule has 3 rings (SSSR count). The van der Waals surface area contributed by atoms with Crippen LogP contribution in [0.1, 0.15) is 43.4 Å². The first kappa shape index (κ1) is 14.5. The van der Waals surface area contributed by atoms with Gasteiger partial charge < -0.3 is 15.7 Å². The molecular formula is C17H24N2O2. The zero-order valence-electron chi connectivity index (χ0n) is 12.6. The first-order chi connectivity index (χ1) is 10.2. The molecule has 114 valence electrons. The highest BCUT2D eigenvalue weighted by Crippen LogP contribution is 2.35. The van der Waals surface area contributed by atoms with Crippen LogP contribution in [0, 0.1) is 5.41 Å². The van der Waals surface area contributed by atoms with E-state index in [0.29, 0.717) is 6.42 Å². The maximum atomic E-state index is 12.8. The fourth-order valence-corrected chi connectivity index (χ4v) is 3.67. The Morgan fingerprint density at radius 3 is 3.00 bits per heavy atom. The average Bonchev–Trinajstić information content (AvgIpc) is 2.84. The molecule has 0 spiro atoms. The van der Waals surface area contributed by atoms with E-state index in [-0.39, 0.29) is 17.4 Å². The molecule has 1 amide bonds. The number of nitrogens with one attached hydrogen (secondary N) is 2. The highest BCUT2D eigenvalue weighted by atomic mass is 16.3. The van der Waals surface area contributed by atoms with Crippen LogP contribution >= 0.6 is 0 Å². The van der Waals surface area contributed by atoms with Gasteiger partial charge in [-0.1, -0.05) is 31.2 Å². The maximum absolute atomic E-state index is 12.8. The third-order valence-corrected chi connectivity index (χ3v) is 5.12. The Labute approximate surface area is 125 Å². The van der Waals surface area contributed by atoms with Crippen LogP contribution in [0.5, 0.6) is 0 Å². The molecule has 3 N–H and O–H groups in total. The number of carbonyl (C=O) groups excluding carboxylic acids is 1. The van der Waals surface area contributed by atoms with E-state index in [1.165, 1.54) is 0 Å². The summed E-state index contributed by atoms with van der Waals surface area (Å²) in [5.74, 6) is 0.0814. The normalized spacial score (nSPS) is 31.7. The van der Waals surface area contributed by atoms with Crippen LogP contribution in [0.4, 0.5) is 0 Å². The molecule has 0 bridgehead atoms. The summed E-state index contributed by atoms with van der Waals surface area (Å²) >= 11 is 0. The second-order valence-electron chi connectivity index (χ2n) is 6.34. The Balaban J connectivity index is 1.78. The number of piperidine rings is 1. The van der Waals surface area contributed by atoms with Gasteiger partial charge in [0.05, 0.1) is 17.6 Å². The largest absolute Gasteiger partial charge is 0.390 e. The molecule has 1 aliphatic heterocycles. The van der Waals surface area contributed by atoms with Crippen molar-refractivity contribution in [2.24, 2.45) is 5.41 Å². The summed E-state index contributed by atoms with van der Waals surface area (Å²) < 4.78 is 0. The van der Waals surface area contributed by atoms with Crippen LogP contribution in [0.25, 0.3) is 0 Å². The van der Waals surface area contributed by atoms with E-state index in [4.69, 9.17) is 0 Å². The third kappa shape index (κ3) is 2.58. The molecule has 2 aliphatic rings. The molecule has 1 aliphatic carbocycles. The van der Waals surface area contributed by atoms with Crippen molar-refractivity contribution in [3.05, 3.63) is 35.4 Å². The Bertz CT molecular complexity index is 523. The quantitative estimate of drug-likeness (QED) is 0.790. The van der Waals surface area contributed by atoms with Crippen LogP contribution in [-0.4, -0.2) is 30.2 Å². The molecule has 1 heterocycles. The molecular weight excluding hydrogens is 264 g/mol. The lowest BCUT2D eigenvalue weighted by molar-refractivity contribution is -0.134. The lowest BCUT2D eigenvalue weighted by atomic mass is 9.77. The van der Waals surface area contributed by atoms with Crippen molar-refractivity contribution in [2.75, 3.05) is 13.1 Å². The highest BCUT2D eigenvalue weighted by Gasteiger charge is 2.41. The van der Waals surface area contributed by atoms with Gasteiger partial charge in [0.25, 0.3) is 0 Å². The SMILES string of the molecule is CCC1(C(=O)N[C@@H]2c3ccccc3C[C@@H]2O)CCCNC1. The molecule has 4 heteroatoms. The van der Waals surface area contributed by atoms with Crippen molar-refractivity contribution in [1.29, 1.82) is 0 Å². The molecule has 0 aromatic heterocycles. The van der Waals surface area contributed by atoms with E-state index in [9.17, 15) is 9.90 Å². The Hall–Kier alpha value is -1.39. The van der Waals surface area contributed by atoms with Crippen LogP contribution in [0.2, 0.25) is 0 Å². The van der Waals surface area contributed by atoms with Crippen molar-refractivity contribution in [1.82, 2.24) is 10.6 Å². The van der Waals surface area contributed by atoms with Gasteiger partial charge in [0.1, 0.15) is 0 Å². The molecule has 21 heavy (non-hydrogen) atoms. The van der Waals surface area contributed by atoms with Crippen LogP contribution in [-0.2, 0) is 11.2 Å². The molecule has 1 unspecified atom stereocenters. The van der Waals surface area contributed by atoms with Crippen LogP contribution in [0.3, 0.4) is 0 Å². The Morgan fingerprint density at radius 1 is 1.48 bits per heavy atom. The van der Waals surface area contributed by atoms with Crippen molar-refractivity contribution in [3.8, 4) is 0 Å².